The van der Waals surface area contributed by atoms with Gasteiger partial charge in [-0.2, -0.15) is 0 Å². The molecule has 15 heavy (non-hydrogen) atoms. The maximum atomic E-state index is 9.63. The molecule has 0 fully saturated rings. The summed E-state index contributed by atoms with van der Waals surface area (Å²) in [5.41, 5.74) is 6.70. The number of nitrogens with one attached hydrogen (secondary N) is 1. The van der Waals surface area contributed by atoms with Crippen LogP contribution in [0.1, 0.15) is 37.4 Å². The van der Waals surface area contributed by atoms with E-state index in [4.69, 9.17) is 5.73 Å². The van der Waals surface area contributed by atoms with Crippen molar-refractivity contribution in [2.75, 3.05) is 5.32 Å². The van der Waals surface area contributed by atoms with E-state index in [0.29, 0.717) is 11.5 Å². The molecule has 0 aliphatic carbocycles. The van der Waals surface area contributed by atoms with Gasteiger partial charge >= 0.3 is 0 Å². The molecule has 1 aromatic rings. The van der Waals surface area contributed by atoms with Crippen LogP contribution in [-0.4, -0.2) is 21.0 Å². The number of nitrogens with zero attached hydrogens (tertiary/aromatic N) is 3. The topological polar surface area (TPSA) is 96.4 Å². The number of hydrogen-bond donors (Lipinski definition) is 3. The van der Waals surface area contributed by atoms with Crippen molar-refractivity contribution in [2.45, 2.75) is 26.0 Å². The molecule has 0 radical (unpaired) electrons. The Morgan fingerprint density at radius 2 is 2.27 bits per heavy atom. The minimum absolute atomic E-state index is 0.154. The van der Waals surface area contributed by atoms with Crippen LogP contribution in [0.5, 0.6) is 0 Å². The van der Waals surface area contributed by atoms with Crippen molar-refractivity contribution in [3.05, 3.63) is 17.6 Å². The summed E-state index contributed by atoms with van der Waals surface area (Å²) in [7, 11) is 0. The molecule has 1 unspecified atom stereocenters. The van der Waals surface area contributed by atoms with E-state index >= 15 is 0 Å². The fourth-order valence-corrected chi connectivity index (χ4v) is 1.32. The third-order valence-corrected chi connectivity index (χ3v) is 2.16. The summed E-state index contributed by atoms with van der Waals surface area (Å²) >= 11 is 0. The Balaban J connectivity index is 2.44. The van der Waals surface area contributed by atoms with Gasteiger partial charge in [-0.25, -0.2) is 15.0 Å². The Kier molecular flexibility index (Phi) is 2.28. The highest BCUT2D eigenvalue weighted by atomic mass is 16.3. The van der Waals surface area contributed by atoms with Gasteiger partial charge in [-0.15, -0.1) is 0 Å². The number of hydrogen-bond acceptors (Lipinski definition) is 6. The highest BCUT2D eigenvalue weighted by molar-refractivity contribution is 5.93. The fourth-order valence-electron chi connectivity index (χ4n) is 1.32. The molecule has 1 aromatic heterocycles. The first-order valence-corrected chi connectivity index (χ1v) is 4.73. The van der Waals surface area contributed by atoms with Crippen LogP contribution in [0.3, 0.4) is 0 Å². The standard InChI is InChI=1S/C9H13N5O/c1-4(2)5-3-11-7-6(12-5)8(15)14-9(10)13-7/h3-4,8,15H,1-2H3,(H3,10,11,13,14). The van der Waals surface area contributed by atoms with E-state index in [-0.39, 0.29) is 11.9 Å². The first-order valence-electron chi connectivity index (χ1n) is 4.73. The SMILES string of the molecule is CC(C)c1cnc2c(n1)C(O)N=C(N)N2. The van der Waals surface area contributed by atoms with E-state index in [1.165, 1.54) is 0 Å². The number of guanidine groups is 1. The molecule has 1 aliphatic heterocycles. The van der Waals surface area contributed by atoms with Gasteiger partial charge in [0.25, 0.3) is 0 Å². The summed E-state index contributed by atoms with van der Waals surface area (Å²) < 4.78 is 0. The zero-order valence-electron chi connectivity index (χ0n) is 8.60. The zero-order chi connectivity index (χ0) is 11.0. The van der Waals surface area contributed by atoms with Crippen molar-refractivity contribution in [3.8, 4) is 0 Å². The predicted molar refractivity (Wildman–Crippen MR) is 56.3 cm³/mol. The monoisotopic (exact) mass is 207 g/mol. The molecule has 4 N–H and O–H groups in total. The third kappa shape index (κ3) is 1.75. The van der Waals surface area contributed by atoms with Crippen LogP contribution in [0.2, 0.25) is 0 Å². The van der Waals surface area contributed by atoms with Gasteiger partial charge in [0.15, 0.2) is 18.0 Å². The van der Waals surface area contributed by atoms with Crippen molar-refractivity contribution >= 4 is 11.8 Å². The molecule has 6 nitrogen and oxygen atoms in total. The molecule has 80 valence electrons. The fraction of sp³-hybridized carbons (Fsp3) is 0.444. The summed E-state index contributed by atoms with van der Waals surface area (Å²) in [6.07, 6.45) is 0.648. The quantitative estimate of drug-likeness (QED) is 0.616. The maximum Gasteiger partial charge on any atom is 0.197 e. The maximum absolute atomic E-state index is 9.63. The highest BCUT2D eigenvalue weighted by Crippen LogP contribution is 2.25. The predicted octanol–water partition coefficient (Wildman–Crippen LogP) is 0.331. The number of aliphatic hydroxyl groups excluding tert-OH is 1. The van der Waals surface area contributed by atoms with Gasteiger partial charge in [0, 0.05) is 0 Å². The second-order valence-electron chi connectivity index (χ2n) is 3.70. The Morgan fingerprint density at radius 3 is 2.93 bits per heavy atom. The number of aliphatic imine (C=N–C) groups is 1. The number of rotatable bonds is 1. The molecular formula is C9H13N5O. The normalized spacial score (nSPS) is 19.5. The van der Waals surface area contributed by atoms with Crippen LogP contribution in [0, 0.1) is 0 Å². The lowest BCUT2D eigenvalue weighted by atomic mass is 10.1. The van der Waals surface area contributed by atoms with Gasteiger partial charge in [-0.05, 0) is 5.92 Å². The van der Waals surface area contributed by atoms with Crippen molar-refractivity contribution in [1.29, 1.82) is 0 Å². The number of nitrogens with two attached hydrogens (primary N) is 1. The zero-order valence-corrected chi connectivity index (χ0v) is 8.60. The molecule has 0 saturated heterocycles. The van der Waals surface area contributed by atoms with Crippen LogP contribution in [0.15, 0.2) is 11.2 Å². The molecular weight excluding hydrogens is 194 g/mol. The van der Waals surface area contributed by atoms with Crippen molar-refractivity contribution < 1.29 is 5.11 Å². The summed E-state index contributed by atoms with van der Waals surface area (Å²) in [4.78, 5) is 12.2. The second kappa shape index (κ2) is 3.47. The number of aromatic nitrogens is 2. The first-order chi connectivity index (χ1) is 7.08. The van der Waals surface area contributed by atoms with E-state index in [2.05, 4.69) is 20.3 Å². The molecule has 2 heterocycles. The number of fused-ring (bicyclic) bond motifs is 1. The molecule has 0 spiro atoms. The lowest BCUT2D eigenvalue weighted by Crippen LogP contribution is -2.29. The van der Waals surface area contributed by atoms with Gasteiger partial charge in [0.2, 0.25) is 0 Å². The molecule has 0 bridgehead atoms. The Bertz CT molecular complexity index is 415. The molecule has 0 amide bonds. The molecule has 6 heteroatoms. The summed E-state index contributed by atoms with van der Waals surface area (Å²) in [6, 6.07) is 0. The van der Waals surface area contributed by atoms with Crippen molar-refractivity contribution in [3.63, 3.8) is 0 Å². The summed E-state index contributed by atoms with van der Waals surface area (Å²) in [5.74, 6) is 0.888. The van der Waals surface area contributed by atoms with Crippen LogP contribution in [0.4, 0.5) is 5.82 Å². The van der Waals surface area contributed by atoms with Crippen LogP contribution in [0.25, 0.3) is 0 Å². The number of anilines is 1. The van der Waals surface area contributed by atoms with Gasteiger partial charge in [0.1, 0.15) is 5.69 Å². The van der Waals surface area contributed by atoms with E-state index in [0.717, 1.165) is 5.69 Å². The summed E-state index contributed by atoms with van der Waals surface area (Å²) in [6.45, 7) is 4.02. The lowest BCUT2D eigenvalue weighted by Gasteiger charge is -2.19. The van der Waals surface area contributed by atoms with E-state index in [9.17, 15) is 5.11 Å². The summed E-state index contributed by atoms with van der Waals surface area (Å²) in [5, 5.41) is 12.4. The average molecular weight is 207 g/mol. The minimum Gasteiger partial charge on any atom is -0.370 e. The molecule has 1 aliphatic rings. The smallest absolute Gasteiger partial charge is 0.197 e. The van der Waals surface area contributed by atoms with Crippen LogP contribution < -0.4 is 11.1 Å². The van der Waals surface area contributed by atoms with Crippen LogP contribution >= 0.6 is 0 Å². The third-order valence-electron chi connectivity index (χ3n) is 2.16. The second-order valence-corrected chi connectivity index (χ2v) is 3.70. The number of aliphatic hydroxyl groups is 1. The van der Waals surface area contributed by atoms with E-state index < -0.39 is 6.23 Å². The van der Waals surface area contributed by atoms with E-state index in [1.807, 2.05) is 13.8 Å². The molecule has 0 aromatic carbocycles. The van der Waals surface area contributed by atoms with Gasteiger partial charge in [-0.1, -0.05) is 13.8 Å². The first kappa shape index (κ1) is 9.85. The van der Waals surface area contributed by atoms with Gasteiger partial charge in [-0.3, -0.25) is 0 Å². The van der Waals surface area contributed by atoms with Crippen molar-refractivity contribution in [2.24, 2.45) is 10.7 Å². The Morgan fingerprint density at radius 1 is 1.53 bits per heavy atom. The Labute approximate surface area is 87.3 Å². The highest BCUT2D eigenvalue weighted by Gasteiger charge is 2.21. The average Bonchev–Trinajstić information content (AvgIpc) is 2.16. The van der Waals surface area contributed by atoms with Gasteiger partial charge < -0.3 is 16.2 Å². The molecule has 2 rings (SSSR count). The largest absolute Gasteiger partial charge is 0.370 e. The van der Waals surface area contributed by atoms with Crippen molar-refractivity contribution in [1.82, 2.24) is 9.97 Å². The van der Waals surface area contributed by atoms with Crippen LogP contribution in [-0.2, 0) is 0 Å². The van der Waals surface area contributed by atoms with E-state index in [1.54, 1.807) is 6.20 Å². The Hall–Kier alpha value is -1.69. The molecule has 1 atom stereocenters. The lowest BCUT2D eigenvalue weighted by molar-refractivity contribution is 0.182. The minimum atomic E-state index is -1.02. The molecule has 0 saturated carbocycles. The van der Waals surface area contributed by atoms with Gasteiger partial charge in [0.05, 0.1) is 11.9 Å².